The SMILES string of the molecule is O=C1[C@@H]2[C@@H]3CC[C@H](C3)[C@@H]2C(=O)N1CCCCN1CCN(c2ncccn2)CC1. The Morgan fingerprint density at radius 3 is 2.11 bits per heavy atom. The van der Waals surface area contributed by atoms with E-state index in [9.17, 15) is 9.59 Å². The number of carbonyl (C=O) groups excluding carboxylic acids is 2. The van der Waals surface area contributed by atoms with E-state index in [2.05, 4.69) is 19.8 Å². The molecule has 5 rings (SSSR count). The minimum Gasteiger partial charge on any atom is -0.338 e. The van der Waals surface area contributed by atoms with Gasteiger partial charge in [0, 0.05) is 45.1 Å². The summed E-state index contributed by atoms with van der Waals surface area (Å²) in [5.41, 5.74) is 0. The summed E-state index contributed by atoms with van der Waals surface area (Å²) in [5.74, 6) is 2.12. The Morgan fingerprint density at radius 2 is 1.46 bits per heavy atom. The van der Waals surface area contributed by atoms with E-state index in [4.69, 9.17) is 0 Å². The highest BCUT2D eigenvalue weighted by Gasteiger charge is 2.60. The quantitative estimate of drug-likeness (QED) is 0.546. The number of likely N-dealkylation sites (tertiary alicyclic amines) is 1. The van der Waals surface area contributed by atoms with Crippen molar-refractivity contribution in [1.29, 1.82) is 0 Å². The van der Waals surface area contributed by atoms with Crippen molar-refractivity contribution in [2.75, 3.05) is 44.2 Å². The van der Waals surface area contributed by atoms with Crippen LogP contribution < -0.4 is 4.90 Å². The van der Waals surface area contributed by atoms with Crippen LogP contribution in [-0.2, 0) is 9.59 Å². The van der Waals surface area contributed by atoms with Gasteiger partial charge in [0.15, 0.2) is 0 Å². The predicted molar refractivity (Wildman–Crippen MR) is 104 cm³/mol. The maximum Gasteiger partial charge on any atom is 0.233 e. The number of amides is 2. The number of carbonyl (C=O) groups is 2. The van der Waals surface area contributed by atoms with Crippen LogP contribution in [0.5, 0.6) is 0 Å². The summed E-state index contributed by atoms with van der Waals surface area (Å²) in [6.45, 7) is 5.54. The molecule has 2 saturated carbocycles. The molecule has 0 radical (unpaired) electrons. The van der Waals surface area contributed by atoms with Gasteiger partial charge in [-0.3, -0.25) is 19.4 Å². The van der Waals surface area contributed by atoms with E-state index in [0.717, 1.165) is 70.8 Å². The molecule has 1 aromatic heterocycles. The lowest BCUT2D eigenvalue weighted by molar-refractivity contribution is -0.140. The highest BCUT2D eigenvalue weighted by Crippen LogP contribution is 2.56. The smallest absolute Gasteiger partial charge is 0.233 e. The Labute approximate surface area is 166 Å². The molecule has 7 heteroatoms. The second-order valence-corrected chi connectivity index (χ2v) is 8.80. The van der Waals surface area contributed by atoms with E-state index in [-0.39, 0.29) is 23.7 Å². The molecular weight excluding hydrogens is 354 g/mol. The predicted octanol–water partition coefficient (Wildman–Crippen LogP) is 1.41. The number of hydrogen-bond donors (Lipinski definition) is 0. The molecule has 28 heavy (non-hydrogen) atoms. The first-order valence-corrected chi connectivity index (χ1v) is 10.8. The van der Waals surface area contributed by atoms with Gasteiger partial charge in [0.2, 0.25) is 17.8 Å². The van der Waals surface area contributed by atoms with Crippen LogP contribution in [-0.4, -0.2) is 70.9 Å². The van der Waals surface area contributed by atoms with Crippen molar-refractivity contribution >= 4 is 17.8 Å². The van der Waals surface area contributed by atoms with Crippen LogP contribution >= 0.6 is 0 Å². The monoisotopic (exact) mass is 383 g/mol. The molecule has 0 N–H and O–H groups in total. The van der Waals surface area contributed by atoms with Gasteiger partial charge in [-0.05, 0) is 56.6 Å². The zero-order valence-electron chi connectivity index (χ0n) is 16.4. The summed E-state index contributed by atoms with van der Waals surface area (Å²) in [5, 5.41) is 0. The molecule has 2 amide bonds. The number of unbranched alkanes of at least 4 members (excludes halogenated alkanes) is 1. The summed E-state index contributed by atoms with van der Waals surface area (Å²) < 4.78 is 0. The van der Waals surface area contributed by atoms with Gasteiger partial charge in [0.1, 0.15) is 0 Å². The van der Waals surface area contributed by atoms with Crippen molar-refractivity contribution in [3.05, 3.63) is 18.5 Å². The van der Waals surface area contributed by atoms with Crippen LogP contribution in [0.1, 0.15) is 32.1 Å². The molecule has 2 bridgehead atoms. The normalized spacial score (nSPS) is 32.4. The molecule has 150 valence electrons. The molecule has 0 spiro atoms. The largest absolute Gasteiger partial charge is 0.338 e. The van der Waals surface area contributed by atoms with Gasteiger partial charge in [-0.15, -0.1) is 0 Å². The fraction of sp³-hybridized carbons (Fsp3) is 0.714. The van der Waals surface area contributed by atoms with Crippen LogP contribution in [0.15, 0.2) is 18.5 Å². The van der Waals surface area contributed by atoms with Crippen molar-refractivity contribution in [1.82, 2.24) is 19.8 Å². The van der Waals surface area contributed by atoms with Gasteiger partial charge >= 0.3 is 0 Å². The topological polar surface area (TPSA) is 69.6 Å². The Morgan fingerprint density at radius 1 is 0.857 bits per heavy atom. The highest BCUT2D eigenvalue weighted by molar-refractivity contribution is 6.06. The Bertz CT molecular complexity index is 706. The Hall–Kier alpha value is -2.02. The molecule has 1 aromatic rings. The van der Waals surface area contributed by atoms with Crippen LogP contribution in [0.25, 0.3) is 0 Å². The molecule has 3 heterocycles. The first-order chi connectivity index (χ1) is 13.7. The second-order valence-electron chi connectivity index (χ2n) is 8.80. The fourth-order valence-corrected chi connectivity index (χ4v) is 5.92. The lowest BCUT2D eigenvalue weighted by Crippen LogP contribution is -2.47. The first-order valence-electron chi connectivity index (χ1n) is 10.8. The van der Waals surface area contributed by atoms with Crippen molar-refractivity contribution in [2.45, 2.75) is 32.1 Å². The third kappa shape index (κ3) is 3.09. The van der Waals surface area contributed by atoms with Gasteiger partial charge in [0.05, 0.1) is 11.8 Å². The average molecular weight is 383 g/mol. The average Bonchev–Trinajstić information content (AvgIpc) is 3.41. The minimum atomic E-state index is 0.0273. The third-order valence-electron chi connectivity index (χ3n) is 7.33. The molecule has 4 fully saturated rings. The maximum absolute atomic E-state index is 12.7. The molecule has 0 aromatic carbocycles. The lowest BCUT2D eigenvalue weighted by Gasteiger charge is -2.34. The van der Waals surface area contributed by atoms with Gasteiger partial charge < -0.3 is 4.90 Å². The van der Waals surface area contributed by atoms with Crippen LogP contribution in [0.4, 0.5) is 5.95 Å². The number of hydrogen-bond acceptors (Lipinski definition) is 6. The molecule has 2 saturated heterocycles. The van der Waals surface area contributed by atoms with Crippen molar-refractivity contribution in [3.8, 4) is 0 Å². The van der Waals surface area contributed by atoms with E-state index in [1.54, 1.807) is 17.3 Å². The molecule has 0 unspecified atom stereocenters. The van der Waals surface area contributed by atoms with Gasteiger partial charge in [-0.2, -0.15) is 0 Å². The van der Waals surface area contributed by atoms with E-state index >= 15 is 0 Å². The number of aromatic nitrogens is 2. The second kappa shape index (κ2) is 7.43. The molecular formula is C21H29N5O2. The van der Waals surface area contributed by atoms with Gasteiger partial charge in [0.25, 0.3) is 0 Å². The number of imide groups is 1. The van der Waals surface area contributed by atoms with E-state index in [1.807, 2.05) is 6.07 Å². The maximum atomic E-state index is 12.7. The van der Waals surface area contributed by atoms with Crippen molar-refractivity contribution in [3.63, 3.8) is 0 Å². The Kier molecular flexibility index (Phi) is 4.78. The number of rotatable bonds is 6. The molecule has 2 aliphatic carbocycles. The summed E-state index contributed by atoms with van der Waals surface area (Å²) in [4.78, 5) is 40.4. The summed E-state index contributed by atoms with van der Waals surface area (Å²) >= 11 is 0. The third-order valence-corrected chi connectivity index (χ3v) is 7.33. The first kappa shape index (κ1) is 18.0. The number of piperazine rings is 1. The van der Waals surface area contributed by atoms with Crippen LogP contribution in [0, 0.1) is 23.7 Å². The van der Waals surface area contributed by atoms with Gasteiger partial charge in [-0.25, -0.2) is 9.97 Å². The molecule has 7 nitrogen and oxygen atoms in total. The van der Waals surface area contributed by atoms with Crippen LogP contribution in [0.2, 0.25) is 0 Å². The standard InChI is InChI=1S/C21H29N5O2/c27-19-17-15-4-5-16(14-15)18(17)20(28)26(19)9-2-1-8-24-10-12-25(13-11-24)21-22-6-3-7-23-21/h3,6-7,15-18H,1-2,4-5,8-14H2/t15-,16-,17-,18+/m1/s1. The fourth-order valence-electron chi connectivity index (χ4n) is 5.92. The number of fused-ring (bicyclic) bond motifs is 5. The molecule has 2 aliphatic heterocycles. The minimum absolute atomic E-state index is 0.0273. The summed E-state index contributed by atoms with van der Waals surface area (Å²) in [6, 6.07) is 1.84. The zero-order valence-corrected chi connectivity index (χ0v) is 16.4. The highest BCUT2D eigenvalue weighted by atomic mass is 16.2. The van der Waals surface area contributed by atoms with Gasteiger partial charge in [-0.1, -0.05) is 0 Å². The van der Waals surface area contributed by atoms with Crippen LogP contribution in [0.3, 0.4) is 0 Å². The van der Waals surface area contributed by atoms with Crippen molar-refractivity contribution in [2.24, 2.45) is 23.7 Å². The summed E-state index contributed by atoms with van der Waals surface area (Å²) in [7, 11) is 0. The number of anilines is 1. The lowest BCUT2D eigenvalue weighted by atomic mass is 9.81. The van der Waals surface area contributed by atoms with Crippen molar-refractivity contribution < 1.29 is 9.59 Å². The van der Waals surface area contributed by atoms with E-state index < -0.39 is 0 Å². The summed E-state index contributed by atoms with van der Waals surface area (Å²) in [6.07, 6.45) is 8.93. The zero-order chi connectivity index (χ0) is 19.1. The number of nitrogens with zero attached hydrogens (tertiary/aromatic N) is 5. The van der Waals surface area contributed by atoms with E-state index in [0.29, 0.717) is 18.4 Å². The molecule has 4 aliphatic rings. The Balaban J connectivity index is 1.05. The molecule has 4 atom stereocenters. The van der Waals surface area contributed by atoms with E-state index in [1.165, 1.54) is 0 Å².